The molecule has 0 aliphatic rings. The molecule has 0 bridgehead atoms. The minimum Gasteiger partial charge on any atom is -0.272 e. The van der Waals surface area contributed by atoms with Crippen molar-refractivity contribution in [1.29, 1.82) is 0 Å². The number of halogens is 1. The van der Waals surface area contributed by atoms with Crippen LogP contribution in [-0.2, 0) is 21.4 Å². The van der Waals surface area contributed by atoms with Crippen molar-refractivity contribution in [1.82, 2.24) is 9.73 Å². The molecule has 3 rings (SSSR count). The van der Waals surface area contributed by atoms with Gasteiger partial charge in [-0.05, 0) is 35.4 Å². The smallest absolute Gasteiger partial charge is 0.255 e. The second-order valence-corrected chi connectivity index (χ2v) is 9.27. The predicted octanol–water partition coefficient (Wildman–Crippen LogP) is 3.79. The molecule has 0 heterocycles. The highest BCUT2D eigenvalue weighted by molar-refractivity contribution is 9.10. The lowest BCUT2D eigenvalue weighted by Crippen LogP contribution is -2.39. The van der Waals surface area contributed by atoms with Crippen LogP contribution in [0.5, 0.6) is 0 Å². The largest absolute Gasteiger partial charge is 0.272 e. The Balaban J connectivity index is 1.75. The molecular formula is C22H20BrN3O3S. The molecule has 0 saturated heterocycles. The molecule has 0 atom stereocenters. The Hall–Kier alpha value is -2.81. The van der Waals surface area contributed by atoms with E-state index in [0.29, 0.717) is 0 Å². The summed E-state index contributed by atoms with van der Waals surface area (Å²) in [6.07, 6.45) is 1.50. The standard InChI is InChI=1S/C22H20BrN3O3S/c23-20-11-7-10-19(14-20)15-24-25-22(27)17-26(16-18-8-3-1-4-9-18)30(28,29)21-12-5-2-6-13-21/h1-15H,16-17H2,(H,25,27)/b24-15-. The van der Waals surface area contributed by atoms with Gasteiger partial charge in [0.2, 0.25) is 10.0 Å². The zero-order valence-electron chi connectivity index (χ0n) is 16.0. The molecular weight excluding hydrogens is 466 g/mol. The van der Waals surface area contributed by atoms with E-state index < -0.39 is 15.9 Å². The van der Waals surface area contributed by atoms with Crippen molar-refractivity contribution in [3.63, 3.8) is 0 Å². The zero-order chi connectivity index (χ0) is 21.4. The van der Waals surface area contributed by atoms with Crippen LogP contribution in [0.1, 0.15) is 11.1 Å². The Kier molecular flexibility index (Phi) is 7.51. The lowest BCUT2D eigenvalue weighted by atomic mass is 10.2. The van der Waals surface area contributed by atoms with Gasteiger partial charge in [0.15, 0.2) is 0 Å². The minimum atomic E-state index is -3.86. The first-order chi connectivity index (χ1) is 14.4. The van der Waals surface area contributed by atoms with Crippen LogP contribution in [0.15, 0.2) is 99.4 Å². The van der Waals surface area contributed by atoms with Gasteiger partial charge in [0.1, 0.15) is 0 Å². The highest BCUT2D eigenvalue weighted by Crippen LogP contribution is 2.18. The van der Waals surface area contributed by atoms with E-state index in [1.807, 2.05) is 54.6 Å². The third kappa shape index (κ3) is 6.09. The molecule has 0 spiro atoms. The Morgan fingerprint density at radius 2 is 1.63 bits per heavy atom. The maximum absolute atomic E-state index is 13.1. The first-order valence-corrected chi connectivity index (χ1v) is 11.3. The maximum atomic E-state index is 13.1. The van der Waals surface area contributed by atoms with Gasteiger partial charge in [-0.3, -0.25) is 4.79 Å². The molecule has 1 amide bonds. The number of sulfonamides is 1. The Morgan fingerprint density at radius 1 is 0.967 bits per heavy atom. The molecule has 0 fully saturated rings. The van der Waals surface area contributed by atoms with Crippen LogP contribution in [0.4, 0.5) is 0 Å². The quantitative estimate of drug-likeness (QED) is 0.389. The van der Waals surface area contributed by atoms with Gasteiger partial charge in [0, 0.05) is 11.0 Å². The fourth-order valence-corrected chi connectivity index (χ4v) is 4.54. The number of carbonyl (C=O) groups is 1. The minimum absolute atomic E-state index is 0.0703. The summed E-state index contributed by atoms with van der Waals surface area (Å²) >= 11 is 3.37. The van der Waals surface area contributed by atoms with E-state index in [0.717, 1.165) is 19.9 Å². The molecule has 3 aromatic carbocycles. The third-order valence-corrected chi connectivity index (χ3v) is 6.45. The summed E-state index contributed by atoms with van der Waals surface area (Å²) in [7, 11) is -3.86. The SMILES string of the molecule is O=C(CN(Cc1ccccc1)S(=O)(=O)c1ccccc1)N/N=C\c1cccc(Br)c1. The molecule has 0 unspecified atom stereocenters. The van der Waals surface area contributed by atoms with Crippen LogP contribution in [0.3, 0.4) is 0 Å². The number of rotatable bonds is 8. The molecule has 0 aromatic heterocycles. The van der Waals surface area contributed by atoms with Gasteiger partial charge in [-0.2, -0.15) is 9.41 Å². The van der Waals surface area contributed by atoms with Gasteiger partial charge in [-0.15, -0.1) is 0 Å². The lowest BCUT2D eigenvalue weighted by molar-refractivity contribution is -0.121. The van der Waals surface area contributed by atoms with Gasteiger partial charge in [0.05, 0.1) is 17.7 Å². The van der Waals surface area contributed by atoms with Gasteiger partial charge >= 0.3 is 0 Å². The molecule has 30 heavy (non-hydrogen) atoms. The monoisotopic (exact) mass is 485 g/mol. The number of carbonyl (C=O) groups excluding carboxylic acids is 1. The van der Waals surface area contributed by atoms with Crippen molar-refractivity contribution in [3.8, 4) is 0 Å². The molecule has 0 saturated carbocycles. The van der Waals surface area contributed by atoms with Crippen LogP contribution in [0.25, 0.3) is 0 Å². The highest BCUT2D eigenvalue weighted by Gasteiger charge is 2.26. The zero-order valence-corrected chi connectivity index (χ0v) is 18.4. The van der Waals surface area contributed by atoms with Gasteiger partial charge in [0.25, 0.3) is 5.91 Å². The Morgan fingerprint density at radius 3 is 2.30 bits per heavy atom. The first-order valence-electron chi connectivity index (χ1n) is 9.12. The van der Waals surface area contributed by atoms with E-state index in [1.165, 1.54) is 18.3 Å². The Bertz CT molecular complexity index is 1120. The summed E-state index contributed by atoms with van der Waals surface area (Å²) in [5, 5.41) is 3.93. The Labute approximate surface area is 184 Å². The molecule has 0 radical (unpaired) electrons. The van der Waals surface area contributed by atoms with E-state index in [4.69, 9.17) is 0 Å². The predicted molar refractivity (Wildman–Crippen MR) is 120 cm³/mol. The van der Waals surface area contributed by atoms with E-state index in [2.05, 4.69) is 26.5 Å². The lowest BCUT2D eigenvalue weighted by Gasteiger charge is -2.21. The molecule has 0 aliphatic carbocycles. The van der Waals surface area contributed by atoms with Gasteiger partial charge in [-0.25, -0.2) is 13.8 Å². The second-order valence-electron chi connectivity index (χ2n) is 6.42. The van der Waals surface area contributed by atoms with Crippen LogP contribution in [-0.4, -0.2) is 31.4 Å². The summed E-state index contributed by atoms with van der Waals surface area (Å²) in [6.45, 7) is -0.289. The third-order valence-electron chi connectivity index (χ3n) is 4.15. The molecule has 8 heteroatoms. The van der Waals surface area contributed by atoms with Gasteiger partial charge < -0.3 is 0 Å². The number of amides is 1. The number of hydrogen-bond acceptors (Lipinski definition) is 4. The topological polar surface area (TPSA) is 78.8 Å². The van der Waals surface area contributed by atoms with Crippen molar-refractivity contribution < 1.29 is 13.2 Å². The van der Waals surface area contributed by atoms with Crippen molar-refractivity contribution >= 4 is 38.1 Å². The summed E-state index contributed by atoms with van der Waals surface area (Å²) in [4.78, 5) is 12.6. The summed E-state index contributed by atoms with van der Waals surface area (Å²) in [5.74, 6) is -0.531. The van der Waals surface area contributed by atoms with Crippen LogP contribution >= 0.6 is 15.9 Å². The average molecular weight is 486 g/mol. The molecule has 6 nitrogen and oxygen atoms in total. The first kappa shape index (κ1) is 21.9. The van der Waals surface area contributed by atoms with E-state index in [-0.39, 0.29) is 18.0 Å². The van der Waals surface area contributed by atoms with E-state index in [1.54, 1.807) is 18.2 Å². The van der Waals surface area contributed by atoms with Gasteiger partial charge in [-0.1, -0.05) is 76.6 Å². The fourth-order valence-electron chi connectivity index (χ4n) is 2.72. The fraction of sp³-hybridized carbons (Fsp3) is 0.0909. The van der Waals surface area contributed by atoms with Crippen LogP contribution in [0, 0.1) is 0 Å². The van der Waals surface area contributed by atoms with E-state index in [9.17, 15) is 13.2 Å². The normalized spacial score (nSPS) is 11.7. The maximum Gasteiger partial charge on any atom is 0.255 e. The average Bonchev–Trinajstić information content (AvgIpc) is 2.75. The summed E-state index contributed by atoms with van der Waals surface area (Å²) in [6, 6.07) is 24.6. The number of hydrogen-bond donors (Lipinski definition) is 1. The van der Waals surface area contributed by atoms with Crippen molar-refractivity contribution in [2.75, 3.05) is 6.54 Å². The summed E-state index contributed by atoms with van der Waals surface area (Å²) in [5.41, 5.74) is 3.97. The van der Waals surface area contributed by atoms with Crippen molar-refractivity contribution in [2.45, 2.75) is 11.4 Å². The van der Waals surface area contributed by atoms with E-state index >= 15 is 0 Å². The summed E-state index contributed by atoms with van der Waals surface area (Å²) < 4.78 is 28.2. The molecule has 0 aliphatic heterocycles. The highest BCUT2D eigenvalue weighted by atomic mass is 79.9. The number of hydrazone groups is 1. The molecule has 3 aromatic rings. The second kappa shape index (κ2) is 10.3. The van der Waals surface area contributed by atoms with Crippen LogP contribution in [0.2, 0.25) is 0 Å². The molecule has 154 valence electrons. The van der Waals surface area contributed by atoms with Crippen LogP contribution < -0.4 is 5.43 Å². The van der Waals surface area contributed by atoms with Crippen molar-refractivity contribution in [3.05, 3.63) is 101 Å². The number of nitrogens with zero attached hydrogens (tertiary/aromatic N) is 2. The number of benzene rings is 3. The van der Waals surface area contributed by atoms with Crippen molar-refractivity contribution in [2.24, 2.45) is 5.10 Å². The molecule has 1 N–H and O–H groups in total. The number of nitrogens with one attached hydrogen (secondary N) is 1.